The number of hydrogen-bond acceptors (Lipinski definition) is 1. The predicted octanol–water partition coefficient (Wildman–Crippen LogP) is 7.70. The van der Waals surface area contributed by atoms with Crippen molar-refractivity contribution in [3.63, 3.8) is 0 Å². The van der Waals surface area contributed by atoms with Gasteiger partial charge in [-0.2, -0.15) is 13.2 Å². The summed E-state index contributed by atoms with van der Waals surface area (Å²) in [5, 5.41) is 0. The van der Waals surface area contributed by atoms with Crippen molar-refractivity contribution in [2.45, 2.75) is 75.9 Å². The van der Waals surface area contributed by atoms with E-state index in [4.69, 9.17) is 0 Å². The van der Waals surface area contributed by atoms with Gasteiger partial charge in [0.1, 0.15) is 0 Å². The Hall–Kier alpha value is -1.37. The van der Waals surface area contributed by atoms with Crippen LogP contribution in [0.2, 0.25) is 18.1 Å². The Morgan fingerprint density at radius 2 is 1.48 bits per heavy atom. The van der Waals surface area contributed by atoms with E-state index >= 15 is 0 Å². The molecule has 162 valence electrons. The van der Waals surface area contributed by atoms with Gasteiger partial charge in [0.05, 0.1) is 0 Å². The molecule has 0 spiro atoms. The summed E-state index contributed by atoms with van der Waals surface area (Å²) >= 11 is 0. The summed E-state index contributed by atoms with van der Waals surface area (Å²) in [6.07, 6.45) is 5.11. The highest BCUT2D eigenvalue weighted by Gasteiger charge is 2.32. The van der Waals surface area contributed by atoms with Crippen LogP contribution in [-0.2, 0) is 0 Å². The molecule has 0 atom stereocenters. The average Bonchev–Trinajstić information content (AvgIpc) is 2.71. The van der Waals surface area contributed by atoms with Crippen LogP contribution < -0.4 is 4.74 Å². The lowest BCUT2D eigenvalue weighted by atomic mass is 9.72. The molecule has 1 heterocycles. The van der Waals surface area contributed by atoms with Crippen molar-refractivity contribution >= 4 is 8.80 Å². The standard InChI is InChI=1S/C22H29F5OSi/c1-2-9-29-10-7-16(8-11-29)14-3-5-15(6-4-14)17-12-18(23)20(19(24)13-17)28-22(27)21(25)26/h12-16,29H,2-11H2,1H3/t14-,15-,16-,29-. The van der Waals surface area contributed by atoms with E-state index in [0.29, 0.717) is 11.5 Å². The maximum Gasteiger partial charge on any atom is 0.344 e. The van der Waals surface area contributed by atoms with Crippen molar-refractivity contribution in [3.8, 4) is 5.75 Å². The van der Waals surface area contributed by atoms with E-state index in [1.807, 2.05) is 0 Å². The van der Waals surface area contributed by atoms with Crippen LogP contribution in [0.1, 0.15) is 63.4 Å². The first-order chi connectivity index (χ1) is 13.9. The van der Waals surface area contributed by atoms with Crippen LogP contribution in [0.3, 0.4) is 0 Å². The van der Waals surface area contributed by atoms with Crippen molar-refractivity contribution in [2.75, 3.05) is 0 Å². The quantitative estimate of drug-likeness (QED) is 0.254. The highest BCUT2D eigenvalue weighted by Crippen LogP contribution is 2.44. The van der Waals surface area contributed by atoms with Crippen molar-refractivity contribution in [3.05, 3.63) is 41.4 Å². The highest BCUT2D eigenvalue weighted by atomic mass is 28.3. The molecule has 1 nitrogen and oxygen atoms in total. The Labute approximate surface area is 170 Å². The fourth-order valence-electron chi connectivity index (χ4n) is 5.32. The van der Waals surface area contributed by atoms with Gasteiger partial charge in [0.25, 0.3) is 0 Å². The first-order valence-corrected chi connectivity index (χ1v) is 13.2. The van der Waals surface area contributed by atoms with Crippen LogP contribution in [0.4, 0.5) is 22.0 Å². The molecule has 1 aromatic rings. The highest BCUT2D eigenvalue weighted by molar-refractivity contribution is 6.58. The third-order valence-electron chi connectivity index (χ3n) is 6.86. The van der Waals surface area contributed by atoms with E-state index in [0.717, 1.165) is 43.7 Å². The van der Waals surface area contributed by atoms with E-state index in [1.54, 1.807) is 0 Å². The van der Waals surface area contributed by atoms with Gasteiger partial charge in [-0.3, -0.25) is 0 Å². The Morgan fingerprint density at radius 3 is 2.00 bits per heavy atom. The molecule has 0 N–H and O–H groups in total. The molecule has 0 aromatic heterocycles. The molecular formula is C22H29F5OSi. The fraction of sp³-hybridized carbons (Fsp3) is 0.636. The largest absolute Gasteiger partial charge is 0.422 e. The monoisotopic (exact) mass is 432 g/mol. The van der Waals surface area contributed by atoms with Gasteiger partial charge in [-0.1, -0.05) is 44.3 Å². The molecule has 1 aromatic carbocycles. The van der Waals surface area contributed by atoms with Crippen LogP contribution in [0.15, 0.2) is 24.2 Å². The second-order valence-electron chi connectivity index (χ2n) is 8.63. The molecule has 1 aliphatic carbocycles. The van der Waals surface area contributed by atoms with E-state index in [1.165, 1.54) is 37.4 Å². The maximum atomic E-state index is 14.2. The number of halogens is 5. The Morgan fingerprint density at radius 1 is 0.931 bits per heavy atom. The van der Waals surface area contributed by atoms with Gasteiger partial charge >= 0.3 is 12.1 Å². The summed E-state index contributed by atoms with van der Waals surface area (Å²) in [6.45, 7) is 2.28. The molecule has 2 fully saturated rings. The van der Waals surface area contributed by atoms with Crippen molar-refractivity contribution in [1.82, 2.24) is 0 Å². The average molecular weight is 433 g/mol. The van der Waals surface area contributed by atoms with Crippen LogP contribution in [-0.4, -0.2) is 8.80 Å². The first-order valence-electron chi connectivity index (χ1n) is 10.8. The summed E-state index contributed by atoms with van der Waals surface area (Å²) in [4.78, 5) is 0. The van der Waals surface area contributed by atoms with Crippen molar-refractivity contribution in [2.24, 2.45) is 11.8 Å². The molecular weight excluding hydrogens is 403 g/mol. The zero-order valence-electron chi connectivity index (χ0n) is 16.8. The van der Waals surface area contributed by atoms with Gasteiger partial charge in [0, 0.05) is 8.80 Å². The molecule has 29 heavy (non-hydrogen) atoms. The Bertz CT molecular complexity index is 695. The maximum absolute atomic E-state index is 14.2. The van der Waals surface area contributed by atoms with Gasteiger partial charge in [-0.25, -0.2) is 8.78 Å². The van der Waals surface area contributed by atoms with Gasteiger partial charge in [0.15, 0.2) is 11.6 Å². The van der Waals surface area contributed by atoms with Crippen molar-refractivity contribution < 1.29 is 26.7 Å². The van der Waals surface area contributed by atoms with Crippen LogP contribution in [0, 0.1) is 23.5 Å². The van der Waals surface area contributed by atoms with E-state index in [2.05, 4.69) is 11.7 Å². The second kappa shape index (κ2) is 10.1. The number of rotatable bonds is 6. The summed E-state index contributed by atoms with van der Waals surface area (Å²) in [5.74, 6) is -1.90. The molecule has 2 aliphatic rings. The fourth-order valence-corrected chi connectivity index (χ4v) is 8.80. The van der Waals surface area contributed by atoms with Crippen LogP contribution >= 0.6 is 0 Å². The molecule has 3 rings (SSSR count). The van der Waals surface area contributed by atoms with Crippen LogP contribution in [0.25, 0.3) is 0 Å². The summed E-state index contributed by atoms with van der Waals surface area (Å²) in [7, 11) is -0.486. The smallest absolute Gasteiger partial charge is 0.344 e. The lowest BCUT2D eigenvalue weighted by Gasteiger charge is -2.37. The molecule has 0 unspecified atom stereocenters. The molecule has 7 heteroatoms. The third kappa shape index (κ3) is 5.62. The van der Waals surface area contributed by atoms with Gasteiger partial charge in [-0.15, -0.1) is 0 Å². The third-order valence-corrected chi connectivity index (χ3v) is 10.6. The molecule has 0 amide bonds. The summed E-state index contributed by atoms with van der Waals surface area (Å²) in [6, 6.07) is 4.28. The zero-order chi connectivity index (χ0) is 21.0. The van der Waals surface area contributed by atoms with Gasteiger partial charge in [0.2, 0.25) is 5.75 Å². The van der Waals surface area contributed by atoms with E-state index < -0.39 is 38.3 Å². The summed E-state index contributed by atoms with van der Waals surface area (Å²) in [5.41, 5.74) is 0.495. The molecule has 0 bridgehead atoms. The minimum Gasteiger partial charge on any atom is -0.422 e. The Kier molecular flexibility index (Phi) is 7.77. The SMILES string of the molecule is CCC[Si@H]1CC[C@H]([C@H]2CC[C@H](c3cc(F)c(OC(F)=C(F)F)c(F)c3)CC2)CC1. The molecule has 1 saturated heterocycles. The van der Waals surface area contributed by atoms with Gasteiger partial charge < -0.3 is 4.74 Å². The van der Waals surface area contributed by atoms with Gasteiger partial charge in [-0.05, 0) is 61.1 Å². The predicted molar refractivity (Wildman–Crippen MR) is 107 cm³/mol. The van der Waals surface area contributed by atoms with E-state index in [-0.39, 0.29) is 5.92 Å². The number of ether oxygens (including phenoxy) is 1. The minimum absolute atomic E-state index is 0.0356. The van der Waals surface area contributed by atoms with Crippen LogP contribution in [0.5, 0.6) is 5.75 Å². The summed E-state index contributed by atoms with van der Waals surface area (Å²) < 4.78 is 69.5. The number of benzene rings is 1. The lowest BCUT2D eigenvalue weighted by Crippen LogP contribution is -2.28. The van der Waals surface area contributed by atoms with E-state index in [9.17, 15) is 22.0 Å². The minimum atomic E-state index is -2.75. The molecule has 1 aliphatic heterocycles. The normalized spacial score (nSPS) is 27.5. The Balaban J connectivity index is 1.58. The molecule has 0 radical (unpaired) electrons. The zero-order valence-corrected chi connectivity index (χ0v) is 18.0. The topological polar surface area (TPSA) is 9.23 Å². The second-order valence-corrected chi connectivity index (χ2v) is 12.1. The number of hydrogen-bond donors (Lipinski definition) is 0. The van der Waals surface area contributed by atoms with Crippen molar-refractivity contribution in [1.29, 1.82) is 0 Å². The first kappa shape index (κ1) is 22.3. The molecule has 1 saturated carbocycles. The lowest BCUT2D eigenvalue weighted by molar-refractivity contribution is 0.214.